The molecule has 7 heteroatoms. The molecule has 2 aromatic carbocycles. The van der Waals surface area contributed by atoms with Gasteiger partial charge in [0.05, 0.1) is 17.6 Å². The van der Waals surface area contributed by atoms with Gasteiger partial charge in [-0.3, -0.25) is 0 Å². The van der Waals surface area contributed by atoms with Crippen LogP contribution < -0.4 is 44.1 Å². The quantitative estimate of drug-likeness (QED) is 0.660. The van der Waals surface area contributed by atoms with Crippen molar-refractivity contribution in [3.05, 3.63) is 53.8 Å². The van der Waals surface area contributed by atoms with Gasteiger partial charge in [-0.05, 0) is 49.4 Å². The van der Waals surface area contributed by atoms with Crippen molar-refractivity contribution in [2.75, 3.05) is 0 Å². The first-order chi connectivity index (χ1) is 10.5. The molecule has 0 N–H and O–H groups in total. The Morgan fingerprint density at radius 3 is 2.35 bits per heavy atom. The second-order valence-electron chi connectivity index (χ2n) is 4.41. The number of carbonyl (C=O) groups is 1. The molecule has 0 aliphatic heterocycles. The molecule has 0 heterocycles. The molecule has 23 heavy (non-hydrogen) atoms. The fourth-order valence-electron chi connectivity index (χ4n) is 1.62. The molecule has 0 spiro atoms. The van der Waals surface area contributed by atoms with E-state index in [0.29, 0.717) is 11.5 Å². The SMILES string of the molecule is C[C@@H](Oc1ccc(Oc2ccc(C#N)cc2F)cc1)C(=O)[O-].[Na+]. The van der Waals surface area contributed by atoms with E-state index in [1.165, 1.54) is 43.3 Å². The third kappa shape index (κ3) is 5.25. The minimum Gasteiger partial charge on any atom is -0.546 e. The third-order valence-electron chi connectivity index (χ3n) is 2.76. The van der Waals surface area contributed by atoms with Crippen molar-refractivity contribution in [3.63, 3.8) is 0 Å². The smallest absolute Gasteiger partial charge is 0.546 e. The van der Waals surface area contributed by atoms with E-state index in [2.05, 4.69) is 0 Å². The molecule has 0 fully saturated rings. The van der Waals surface area contributed by atoms with Crippen LogP contribution in [0.15, 0.2) is 42.5 Å². The maximum Gasteiger partial charge on any atom is 1.00 e. The molecule has 0 saturated carbocycles. The first-order valence-corrected chi connectivity index (χ1v) is 6.34. The van der Waals surface area contributed by atoms with Crippen LogP contribution >= 0.6 is 0 Å². The second kappa shape index (κ2) is 8.53. The Hall–Kier alpha value is -2.07. The third-order valence-corrected chi connectivity index (χ3v) is 2.76. The molecule has 112 valence electrons. The summed E-state index contributed by atoms with van der Waals surface area (Å²) >= 11 is 0. The number of carboxylic acids is 1. The molecule has 0 aromatic heterocycles. The zero-order valence-corrected chi connectivity index (χ0v) is 14.6. The van der Waals surface area contributed by atoms with Gasteiger partial charge in [0.2, 0.25) is 0 Å². The van der Waals surface area contributed by atoms with Crippen LogP contribution in [0, 0.1) is 17.1 Å². The number of rotatable bonds is 5. The van der Waals surface area contributed by atoms with Gasteiger partial charge < -0.3 is 19.4 Å². The predicted molar refractivity (Wildman–Crippen MR) is 72.7 cm³/mol. The second-order valence-corrected chi connectivity index (χ2v) is 4.41. The predicted octanol–water partition coefficient (Wildman–Crippen LogP) is -0.989. The van der Waals surface area contributed by atoms with Gasteiger partial charge in [-0.1, -0.05) is 0 Å². The van der Waals surface area contributed by atoms with Gasteiger partial charge in [0.25, 0.3) is 0 Å². The zero-order chi connectivity index (χ0) is 16.1. The Morgan fingerprint density at radius 1 is 1.22 bits per heavy atom. The van der Waals surface area contributed by atoms with E-state index in [1.54, 1.807) is 0 Å². The number of halogens is 1. The Morgan fingerprint density at radius 2 is 1.83 bits per heavy atom. The molecule has 0 amide bonds. The van der Waals surface area contributed by atoms with Gasteiger partial charge in [0.15, 0.2) is 11.6 Å². The van der Waals surface area contributed by atoms with E-state index in [1.807, 2.05) is 6.07 Å². The molecule has 5 nitrogen and oxygen atoms in total. The summed E-state index contributed by atoms with van der Waals surface area (Å²) in [5.74, 6) is -1.32. The van der Waals surface area contributed by atoms with Crippen LogP contribution in [0.1, 0.15) is 12.5 Å². The van der Waals surface area contributed by atoms with Crippen LogP contribution in [0.3, 0.4) is 0 Å². The Labute approximate surface area is 154 Å². The fraction of sp³-hybridized carbons (Fsp3) is 0.125. The van der Waals surface area contributed by atoms with Crippen molar-refractivity contribution in [1.29, 1.82) is 5.26 Å². The number of hydrogen-bond donors (Lipinski definition) is 0. The minimum atomic E-state index is -1.32. The van der Waals surface area contributed by atoms with Gasteiger partial charge in [-0.2, -0.15) is 5.26 Å². The van der Waals surface area contributed by atoms with E-state index in [4.69, 9.17) is 14.7 Å². The standard InChI is InChI=1S/C16H12FNO4.Na/c1-10(16(19)20)21-12-3-5-13(6-4-12)22-15-7-2-11(9-18)8-14(15)17;/h2-8,10H,1H3,(H,19,20);/q;+1/p-1/t10-;/m1./s1. The normalized spacial score (nSPS) is 10.8. The summed E-state index contributed by atoms with van der Waals surface area (Å²) in [6.07, 6.45) is -1.08. The summed E-state index contributed by atoms with van der Waals surface area (Å²) in [4.78, 5) is 10.6. The number of carbonyl (C=O) groups excluding carboxylic acids is 1. The van der Waals surface area contributed by atoms with Crippen molar-refractivity contribution in [2.45, 2.75) is 13.0 Å². The number of benzene rings is 2. The monoisotopic (exact) mass is 323 g/mol. The van der Waals surface area contributed by atoms with Crippen LogP contribution in [0.2, 0.25) is 0 Å². The van der Waals surface area contributed by atoms with Crippen molar-refractivity contribution < 1.29 is 53.3 Å². The molecule has 1 atom stereocenters. The molecule has 2 aromatic rings. The average molecular weight is 323 g/mol. The van der Waals surface area contributed by atoms with Crippen LogP contribution in [0.25, 0.3) is 0 Å². The van der Waals surface area contributed by atoms with Crippen LogP contribution in [0.4, 0.5) is 4.39 Å². The van der Waals surface area contributed by atoms with Gasteiger partial charge >= 0.3 is 29.6 Å². The van der Waals surface area contributed by atoms with Crippen LogP contribution in [-0.4, -0.2) is 12.1 Å². The number of hydrogen-bond acceptors (Lipinski definition) is 5. The van der Waals surface area contributed by atoms with E-state index < -0.39 is 17.9 Å². The van der Waals surface area contributed by atoms with Crippen molar-refractivity contribution in [1.82, 2.24) is 0 Å². The van der Waals surface area contributed by atoms with E-state index >= 15 is 0 Å². The maximum atomic E-state index is 13.7. The van der Waals surface area contributed by atoms with Crippen molar-refractivity contribution >= 4 is 5.97 Å². The first kappa shape index (κ1) is 19.0. The zero-order valence-electron chi connectivity index (χ0n) is 12.6. The topological polar surface area (TPSA) is 82.4 Å². The van der Waals surface area contributed by atoms with Gasteiger partial charge in [0, 0.05) is 0 Å². The number of aliphatic carboxylic acids is 1. The molecule has 0 bridgehead atoms. The molecular formula is C16H11FNNaO4. The summed E-state index contributed by atoms with van der Waals surface area (Å²) < 4.78 is 24.1. The largest absolute Gasteiger partial charge is 1.00 e. The number of carboxylic acid groups (broad SMARTS) is 1. The van der Waals surface area contributed by atoms with Gasteiger partial charge in [-0.25, -0.2) is 4.39 Å². The van der Waals surface area contributed by atoms with Gasteiger partial charge in [0.1, 0.15) is 17.6 Å². The van der Waals surface area contributed by atoms with Gasteiger partial charge in [-0.15, -0.1) is 0 Å². The van der Waals surface area contributed by atoms with Crippen molar-refractivity contribution in [3.8, 4) is 23.3 Å². The Kier molecular flexibility index (Phi) is 7.04. The summed E-state index contributed by atoms with van der Waals surface area (Å²) in [6, 6.07) is 11.7. The Balaban J connectivity index is 0.00000264. The minimum absolute atomic E-state index is 0. The number of nitriles is 1. The molecule has 2 rings (SSSR count). The summed E-state index contributed by atoms with van der Waals surface area (Å²) in [7, 11) is 0. The molecule has 0 aliphatic carbocycles. The van der Waals surface area contributed by atoms with E-state index in [0.717, 1.165) is 6.07 Å². The molecule has 0 unspecified atom stereocenters. The molecule has 0 aliphatic rings. The number of nitrogens with zero attached hydrogens (tertiary/aromatic N) is 1. The summed E-state index contributed by atoms with van der Waals surface area (Å²) in [5.41, 5.74) is 0.199. The molecular weight excluding hydrogens is 312 g/mol. The van der Waals surface area contributed by atoms with E-state index in [9.17, 15) is 14.3 Å². The van der Waals surface area contributed by atoms with Crippen molar-refractivity contribution in [2.24, 2.45) is 0 Å². The maximum absolute atomic E-state index is 13.7. The van der Waals surface area contributed by atoms with Crippen LogP contribution in [-0.2, 0) is 4.79 Å². The molecule has 0 radical (unpaired) electrons. The van der Waals surface area contributed by atoms with E-state index in [-0.39, 0.29) is 40.9 Å². The Bertz CT molecular complexity index is 728. The fourth-order valence-corrected chi connectivity index (χ4v) is 1.62. The van der Waals surface area contributed by atoms with Crippen LogP contribution in [0.5, 0.6) is 17.2 Å². The summed E-state index contributed by atoms with van der Waals surface area (Å²) in [5, 5.41) is 19.2. The first-order valence-electron chi connectivity index (χ1n) is 6.34. The summed E-state index contributed by atoms with van der Waals surface area (Å²) in [6.45, 7) is 1.35. The average Bonchev–Trinajstić information content (AvgIpc) is 2.51. The number of ether oxygens (including phenoxy) is 2. The molecule has 0 saturated heterocycles.